The number of carbonyl (C=O) groups excluding carboxylic acids is 1. The van der Waals surface area contributed by atoms with Crippen LogP contribution in [0.3, 0.4) is 0 Å². The Bertz CT molecular complexity index is 580. The zero-order chi connectivity index (χ0) is 15.9. The summed E-state index contributed by atoms with van der Waals surface area (Å²) in [5, 5.41) is 1.15. The molecule has 0 bridgehead atoms. The van der Waals surface area contributed by atoms with Gasteiger partial charge in [0.15, 0.2) is 0 Å². The highest BCUT2D eigenvalue weighted by atomic mass is 32.2. The van der Waals surface area contributed by atoms with Crippen molar-refractivity contribution in [2.24, 2.45) is 0 Å². The van der Waals surface area contributed by atoms with Crippen LogP contribution in [0, 0.1) is 0 Å². The highest BCUT2D eigenvalue weighted by Gasteiger charge is 2.22. The van der Waals surface area contributed by atoms with E-state index >= 15 is 0 Å². The summed E-state index contributed by atoms with van der Waals surface area (Å²) in [6, 6.07) is 9.19. The first-order valence-corrected chi connectivity index (χ1v) is 8.30. The van der Waals surface area contributed by atoms with E-state index in [4.69, 9.17) is 0 Å². The lowest BCUT2D eigenvalue weighted by atomic mass is 10.2. The van der Waals surface area contributed by atoms with Crippen molar-refractivity contribution in [3.05, 3.63) is 41.3 Å². The standard InChI is InChI=1S/C15H22N2O3S/c1-4-11-17(13-15(18)16(2)3)21(19,20)12-10-14-8-6-5-7-9-14/h5-10,12H,4,11,13H2,1-3H3. The Balaban J connectivity index is 2.89. The molecule has 0 atom stereocenters. The van der Waals surface area contributed by atoms with Crippen LogP contribution < -0.4 is 0 Å². The average molecular weight is 310 g/mol. The summed E-state index contributed by atoms with van der Waals surface area (Å²) >= 11 is 0. The number of rotatable bonds is 7. The molecule has 116 valence electrons. The van der Waals surface area contributed by atoms with E-state index in [-0.39, 0.29) is 12.5 Å². The van der Waals surface area contributed by atoms with Crippen molar-refractivity contribution in [2.45, 2.75) is 13.3 Å². The molecule has 0 aliphatic carbocycles. The van der Waals surface area contributed by atoms with Gasteiger partial charge < -0.3 is 4.90 Å². The topological polar surface area (TPSA) is 57.7 Å². The molecule has 0 unspecified atom stereocenters. The Hall–Kier alpha value is -1.66. The molecule has 0 aliphatic rings. The molecule has 5 nitrogen and oxygen atoms in total. The predicted octanol–water partition coefficient (Wildman–Crippen LogP) is 1.79. The smallest absolute Gasteiger partial charge is 0.237 e. The second-order valence-electron chi connectivity index (χ2n) is 4.88. The van der Waals surface area contributed by atoms with Crippen molar-refractivity contribution in [1.29, 1.82) is 0 Å². The number of hydrogen-bond acceptors (Lipinski definition) is 3. The Kier molecular flexibility index (Phi) is 6.58. The Morgan fingerprint density at radius 3 is 2.33 bits per heavy atom. The van der Waals surface area contributed by atoms with Crippen LogP contribution in [0.5, 0.6) is 0 Å². The molecule has 1 aromatic carbocycles. The van der Waals surface area contributed by atoms with Crippen LogP contribution in [0.15, 0.2) is 35.7 Å². The van der Waals surface area contributed by atoms with Crippen LogP contribution in [-0.2, 0) is 14.8 Å². The number of benzene rings is 1. The lowest BCUT2D eigenvalue weighted by Gasteiger charge is -2.21. The van der Waals surface area contributed by atoms with E-state index in [1.165, 1.54) is 15.3 Å². The maximum Gasteiger partial charge on any atom is 0.237 e. The van der Waals surface area contributed by atoms with E-state index in [2.05, 4.69) is 0 Å². The first-order valence-electron chi connectivity index (χ1n) is 6.80. The summed E-state index contributed by atoms with van der Waals surface area (Å²) < 4.78 is 25.8. The highest BCUT2D eigenvalue weighted by Crippen LogP contribution is 2.09. The van der Waals surface area contributed by atoms with Gasteiger partial charge in [-0.2, -0.15) is 4.31 Å². The van der Waals surface area contributed by atoms with Crippen LogP contribution in [0.4, 0.5) is 0 Å². The van der Waals surface area contributed by atoms with Crippen molar-refractivity contribution in [2.75, 3.05) is 27.2 Å². The molecule has 0 saturated heterocycles. The van der Waals surface area contributed by atoms with Crippen LogP contribution in [0.1, 0.15) is 18.9 Å². The number of likely N-dealkylation sites (N-methyl/N-ethyl adjacent to an activating group) is 1. The monoisotopic (exact) mass is 310 g/mol. The van der Waals surface area contributed by atoms with E-state index < -0.39 is 10.0 Å². The fourth-order valence-electron chi connectivity index (χ4n) is 1.65. The molecule has 0 fully saturated rings. The SMILES string of the molecule is CCCN(CC(=O)N(C)C)S(=O)(=O)C=Cc1ccccc1. The first-order chi connectivity index (χ1) is 9.86. The van der Waals surface area contributed by atoms with Crippen LogP contribution in [0.2, 0.25) is 0 Å². The highest BCUT2D eigenvalue weighted by molar-refractivity contribution is 7.92. The molecule has 0 radical (unpaired) electrons. The van der Waals surface area contributed by atoms with Gasteiger partial charge in [0.05, 0.1) is 6.54 Å². The van der Waals surface area contributed by atoms with Gasteiger partial charge in [-0.05, 0) is 18.1 Å². The zero-order valence-corrected chi connectivity index (χ0v) is 13.5. The lowest BCUT2D eigenvalue weighted by Crippen LogP contribution is -2.39. The van der Waals surface area contributed by atoms with Crippen LogP contribution in [-0.4, -0.2) is 50.7 Å². The van der Waals surface area contributed by atoms with Gasteiger partial charge in [-0.1, -0.05) is 37.3 Å². The maximum atomic E-state index is 12.3. The maximum absolute atomic E-state index is 12.3. The minimum Gasteiger partial charge on any atom is -0.348 e. The summed E-state index contributed by atoms with van der Waals surface area (Å²) in [5.41, 5.74) is 0.802. The van der Waals surface area contributed by atoms with Gasteiger partial charge in [0, 0.05) is 26.0 Å². The van der Waals surface area contributed by atoms with E-state index in [0.29, 0.717) is 13.0 Å². The number of hydrogen-bond donors (Lipinski definition) is 0. The van der Waals surface area contributed by atoms with Gasteiger partial charge in [-0.15, -0.1) is 0 Å². The molecule has 1 amide bonds. The van der Waals surface area contributed by atoms with Crippen LogP contribution in [0.25, 0.3) is 6.08 Å². The summed E-state index contributed by atoms with van der Waals surface area (Å²) in [6.07, 6.45) is 2.19. The average Bonchev–Trinajstić information content (AvgIpc) is 2.45. The normalized spacial score (nSPS) is 12.0. The second kappa shape index (κ2) is 7.95. The van der Waals surface area contributed by atoms with Crippen LogP contribution >= 0.6 is 0 Å². The van der Waals surface area contributed by atoms with Gasteiger partial charge in [-0.3, -0.25) is 4.79 Å². The fraction of sp³-hybridized carbons (Fsp3) is 0.400. The molecule has 1 aromatic rings. The molecular weight excluding hydrogens is 288 g/mol. The first kappa shape index (κ1) is 17.4. The number of nitrogens with zero attached hydrogens (tertiary/aromatic N) is 2. The summed E-state index contributed by atoms with van der Waals surface area (Å²) in [4.78, 5) is 13.1. The molecule has 0 spiro atoms. The van der Waals surface area contributed by atoms with E-state index in [1.54, 1.807) is 14.1 Å². The molecular formula is C15H22N2O3S. The Morgan fingerprint density at radius 1 is 1.19 bits per heavy atom. The van der Waals surface area contributed by atoms with E-state index in [0.717, 1.165) is 11.0 Å². The van der Waals surface area contributed by atoms with Crippen molar-refractivity contribution < 1.29 is 13.2 Å². The Labute approximate surface area is 126 Å². The summed E-state index contributed by atoms with van der Waals surface area (Å²) in [5.74, 6) is -0.236. The summed E-state index contributed by atoms with van der Waals surface area (Å²) in [6.45, 7) is 2.06. The molecule has 1 rings (SSSR count). The molecule has 21 heavy (non-hydrogen) atoms. The zero-order valence-electron chi connectivity index (χ0n) is 12.7. The molecule has 0 aliphatic heterocycles. The van der Waals surface area contributed by atoms with Gasteiger partial charge >= 0.3 is 0 Å². The third-order valence-electron chi connectivity index (χ3n) is 2.88. The minimum atomic E-state index is -3.61. The molecule has 6 heteroatoms. The van der Waals surface area contributed by atoms with Gasteiger partial charge in [0.1, 0.15) is 0 Å². The lowest BCUT2D eigenvalue weighted by molar-refractivity contribution is -0.128. The largest absolute Gasteiger partial charge is 0.348 e. The van der Waals surface area contributed by atoms with E-state index in [1.807, 2.05) is 37.3 Å². The fourth-order valence-corrected chi connectivity index (χ4v) is 2.88. The van der Waals surface area contributed by atoms with E-state index in [9.17, 15) is 13.2 Å². The number of amides is 1. The quantitative estimate of drug-likeness (QED) is 0.771. The third kappa shape index (κ3) is 5.69. The number of sulfonamides is 1. The Morgan fingerprint density at radius 2 is 1.81 bits per heavy atom. The molecule has 0 aromatic heterocycles. The van der Waals surface area contributed by atoms with Crippen molar-refractivity contribution in [3.8, 4) is 0 Å². The van der Waals surface area contributed by atoms with Crippen molar-refractivity contribution in [1.82, 2.24) is 9.21 Å². The minimum absolute atomic E-state index is 0.137. The van der Waals surface area contributed by atoms with Gasteiger partial charge in [0.25, 0.3) is 0 Å². The molecule has 0 heterocycles. The second-order valence-corrected chi connectivity index (χ2v) is 6.70. The summed E-state index contributed by atoms with van der Waals surface area (Å²) in [7, 11) is -0.386. The van der Waals surface area contributed by atoms with Gasteiger partial charge in [-0.25, -0.2) is 8.42 Å². The molecule has 0 N–H and O–H groups in total. The van der Waals surface area contributed by atoms with Crippen molar-refractivity contribution in [3.63, 3.8) is 0 Å². The van der Waals surface area contributed by atoms with Gasteiger partial charge in [0.2, 0.25) is 15.9 Å². The molecule has 0 saturated carbocycles. The number of carbonyl (C=O) groups is 1. The predicted molar refractivity (Wildman–Crippen MR) is 85.0 cm³/mol. The third-order valence-corrected chi connectivity index (χ3v) is 4.39. The van der Waals surface area contributed by atoms with Crippen molar-refractivity contribution >= 4 is 22.0 Å².